The van der Waals surface area contributed by atoms with Gasteiger partial charge in [0.1, 0.15) is 12.6 Å². The van der Waals surface area contributed by atoms with Crippen molar-refractivity contribution in [2.45, 2.75) is 26.3 Å². The second-order valence-corrected chi connectivity index (χ2v) is 5.32. The average Bonchev–Trinajstić information content (AvgIpc) is 2.88. The van der Waals surface area contributed by atoms with E-state index in [0.717, 1.165) is 0 Å². The molecule has 0 aliphatic carbocycles. The summed E-state index contributed by atoms with van der Waals surface area (Å²) in [7, 11) is 0. The van der Waals surface area contributed by atoms with Crippen LogP contribution in [0.3, 0.4) is 0 Å². The number of rotatable bonds is 6. The smallest absolute Gasteiger partial charge is 0.252 e. The van der Waals surface area contributed by atoms with Gasteiger partial charge in [-0.05, 0) is 23.8 Å². The van der Waals surface area contributed by atoms with Gasteiger partial charge < -0.3 is 10.6 Å². The molecule has 102 valence electrons. The molecule has 0 aliphatic rings. The Balaban J connectivity index is 2.66. The van der Waals surface area contributed by atoms with Crippen molar-refractivity contribution >= 4 is 23.2 Å². The lowest BCUT2D eigenvalue weighted by atomic mass is 10.0. The molecule has 0 aliphatic heterocycles. The van der Waals surface area contributed by atoms with E-state index in [1.807, 2.05) is 25.3 Å². The molecule has 0 aromatic carbocycles. The Labute approximate surface area is 116 Å². The Kier molecular flexibility index (Phi) is 6.03. The number of carbonyl (C=O) groups is 2. The fraction of sp³-hybridized carbons (Fsp3) is 0.462. The Hall–Kier alpha value is -1.87. The van der Waals surface area contributed by atoms with Crippen LogP contribution in [0.4, 0.5) is 0 Å². The van der Waals surface area contributed by atoms with Gasteiger partial charge in [0.2, 0.25) is 5.91 Å². The third kappa shape index (κ3) is 5.10. The first kappa shape index (κ1) is 15.2. The number of nitrogens with one attached hydrogen (secondary N) is 2. The topological polar surface area (TPSA) is 82.0 Å². The van der Waals surface area contributed by atoms with Gasteiger partial charge in [-0.25, -0.2) is 0 Å². The summed E-state index contributed by atoms with van der Waals surface area (Å²) in [6, 6.07) is 2.94. The summed E-state index contributed by atoms with van der Waals surface area (Å²) in [5.41, 5.74) is 0.548. The third-order valence-electron chi connectivity index (χ3n) is 2.45. The molecule has 0 spiro atoms. The molecule has 0 saturated heterocycles. The standard InChI is InChI=1S/C13H17N3O2S/c1-9(2)7-11(13(18)15-5-4-14)16-12(17)10-3-6-19-8-10/h3,6,8-9,11H,5,7H2,1-2H3,(H,15,18)(H,16,17)/t11-/m0/s1. The van der Waals surface area contributed by atoms with Gasteiger partial charge in [0, 0.05) is 5.38 Å². The number of carbonyl (C=O) groups excluding carboxylic acids is 2. The number of nitriles is 1. The summed E-state index contributed by atoms with van der Waals surface area (Å²) >= 11 is 1.43. The molecular weight excluding hydrogens is 262 g/mol. The first-order valence-corrected chi connectivity index (χ1v) is 6.96. The predicted molar refractivity (Wildman–Crippen MR) is 73.7 cm³/mol. The highest BCUT2D eigenvalue weighted by Gasteiger charge is 2.22. The highest BCUT2D eigenvalue weighted by molar-refractivity contribution is 7.08. The van der Waals surface area contributed by atoms with Gasteiger partial charge in [0.15, 0.2) is 0 Å². The van der Waals surface area contributed by atoms with Crippen molar-refractivity contribution in [2.24, 2.45) is 5.92 Å². The molecular formula is C13H17N3O2S. The molecule has 0 unspecified atom stereocenters. The van der Waals surface area contributed by atoms with Gasteiger partial charge in [-0.3, -0.25) is 9.59 Å². The van der Waals surface area contributed by atoms with Gasteiger partial charge in [0.25, 0.3) is 5.91 Å². The van der Waals surface area contributed by atoms with Gasteiger partial charge in [-0.1, -0.05) is 13.8 Å². The number of amides is 2. The molecule has 6 heteroatoms. The molecule has 1 atom stereocenters. The summed E-state index contributed by atoms with van der Waals surface area (Å²) < 4.78 is 0. The number of nitrogens with zero attached hydrogens (tertiary/aromatic N) is 1. The fourth-order valence-corrected chi connectivity index (χ4v) is 2.22. The van der Waals surface area contributed by atoms with E-state index in [0.29, 0.717) is 12.0 Å². The first-order chi connectivity index (χ1) is 9.04. The summed E-state index contributed by atoms with van der Waals surface area (Å²) in [6.45, 7) is 3.89. The van der Waals surface area contributed by atoms with E-state index in [1.165, 1.54) is 11.3 Å². The molecule has 0 saturated carbocycles. The van der Waals surface area contributed by atoms with Crippen LogP contribution in [0.5, 0.6) is 0 Å². The monoisotopic (exact) mass is 279 g/mol. The fourth-order valence-electron chi connectivity index (χ4n) is 1.59. The molecule has 1 heterocycles. The maximum absolute atomic E-state index is 11.9. The second-order valence-electron chi connectivity index (χ2n) is 4.54. The van der Waals surface area contributed by atoms with Crippen LogP contribution in [0.2, 0.25) is 0 Å². The highest BCUT2D eigenvalue weighted by Crippen LogP contribution is 2.09. The lowest BCUT2D eigenvalue weighted by Crippen LogP contribution is -2.47. The van der Waals surface area contributed by atoms with E-state index in [4.69, 9.17) is 5.26 Å². The zero-order chi connectivity index (χ0) is 14.3. The molecule has 1 rings (SSSR count). The minimum atomic E-state index is -0.610. The molecule has 1 aromatic heterocycles. The SMILES string of the molecule is CC(C)C[C@H](NC(=O)c1ccsc1)C(=O)NCC#N. The van der Waals surface area contributed by atoms with Gasteiger partial charge in [0.05, 0.1) is 11.6 Å². The van der Waals surface area contributed by atoms with E-state index in [2.05, 4.69) is 10.6 Å². The van der Waals surface area contributed by atoms with Crippen LogP contribution in [-0.4, -0.2) is 24.4 Å². The molecule has 2 amide bonds. The number of hydrogen-bond donors (Lipinski definition) is 2. The lowest BCUT2D eigenvalue weighted by molar-refractivity contribution is -0.123. The van der Waals surface area contributed by atoms with Crippen molar-refractivity contribution in [1.29, 1.82) is 5.26 Å². The minimum Gasteiger partial charge on any atom is -0.341 e. The highest BCUT2D eigenvalue weighted by atomic mass is 32.1. The van der Waals surface area contributed by atoms with Crippen LogP contribution in [0.1, 0.15) is 30.6 Å². The van der Waals surface area contributed by atoms with Crippen LogP contribution < -0.4 is 10.6 Å². The average molecular weight is 279 g/mol. The Morgan fingerprint density at radius 2 is 2.21 bits per heavy atom. The van der Waals surface area contributed by atoms with E-state index < -0.39 is 6.04 Å². The molecule has 2 N–H and O–H groups in total. The van der Waals surface area contributed by atoms with E-state index in [1.54, 1.807) is 11.4 Å². The Bertz CT molecular complexity index is 463. The summed E-state index contributed by atoms with van der Waals surface area (Å²) in [5, 5.41) is 17.2. The minimum absolute atomic E-state index is 0.0538. The predicted octanol–water partition coefficient (Wildman–Crippen LogP) is 1.53. The molecule has 0 radical (unpaired) electrons. The van der Waals surface area contributed by atoms with Crippen molar-refractivity contribution in [1.82, 2.24) is 10.6 Å². The van der Waals surface area contributed by atoms with Crippen LogP contribution in [-0.2, 0) is 4.79 Å². The Morgan fingerprint density at radius 1 is 1.47 bits per heavy atom. The summed E-state index contributed by atoms with van der Waals surface area (Å²) in [4.78, 5) is 23.8. The largest absolute Gasteiger partial charge is 0.341 e. The van der Waals surface area contributed by atoms with Gasteiger partial charge in [-0.15, -0.1) is 0 Å². The molecule has 1 aromatic rings. The summed E-state index contributed by atoms with van der Waals surface area (Å²) in [6.07, 6.45) is 0.535. The maximum atomic E-state index is 11.9. The zero-order valence-corrected chi connectivity index (χ0v) is 11.8. The quantitative estimate of drug-likeness (QED) is 0.775. The van der Waals surface area contributed by atoms with Crippen molar-refractivity contribution < 1.29 is 9.59 Å². The number of hydrogen-bond acceptors (Lipinski definition) is 4. The van der Waals surface area contributed by atoms with Gasteiger partial charge in [-0.2, -0.15) is 16.6 Å². The van der Waals surface area contributed by atoms with Crippen molar-refractivity contribution in [3.05, 3.63) is 22.4 Å². The van der Waals surface area contributed by atoms with Crippen molar-refractivity contribution in [2.75, 3.05) is 6.54 Å². The first-order valence-electron chi connectivity index (χ1n) is 6.02. The molecule has 0 bridgehead atoms. The van der Waals surface area contributed by atoms with E-state index in [9.17, 15) is 9.59 Å². The third-order valence-corrected chi connectivity index (χ3v) is 3.14. The molecule has 5 nitrogen and oxygen atoms in total. The van der Waals surface area contributed by atoms with Crippen molar-refractivity contribution in [3.63, 3.8) is 0 Å². The van der Waals surface area contributed by atoms with Crippen molar-refractivity contribution in [3.8, 4) is 6.07 Å². The molecule has 19 heavy (non-hydrogen) atoms. The van der Waals surface area contributed by atoms with Crippen LogP contribution >= 0.6 is 11.3 Å². The maximum Gasteiger partial charge on any atom is 0.252 e. The second kappa shape index (κ2) is 7.54. The van der Waals surface area contributed by atoms with E-state index in [-0.39, 0.29) is 24.3 Å². The summed E-state index contributed by atoms with van der Waals surface area (Å²) in [5.74, 6) is -0.321. The van der Waals surface area contributed by atoms with Crippen LogP contribution in [0.15, 0.2) is 16.8 Å². The Morgan fingerprint density at radius 3 is 2.74 bits per heavy atom. The normalized spacial score (nSPS) is 11.7. The van der Waals surface area contributed by atoms with Gasteiger partial charge >= 0.3 is 0 Å². The van der Waals surface area contributed by atoms with Crippen LogP contribution in [0, 0.1) is 17.2 Å². The lowest BCUT2D eigenvalue weighted by Gasteiger charge is -2.19. The zero-order valence-electron chi connectivity index (χ0n) is 11.0. The molecule has 0 fully saturated rings. The van der Waals surface area contributed by atoms with E-state index >= 15 is 0 Å². The number of thiophene rings is 1. The van der Waals surface area contributed by atoms with Crippen LogP contribution in [0.25, 0.3) is 0 Å².